The third-order valence-corrected chi connectivity index (χ3v) is 17.7. The molecule has 3 fully saturated rings. The molecule has 5 amide bonds. The summed E-state index contributed by atoms with van der Waals surface area (Å²) >= 11 is 1.58. The van der Waals surface area contributed by atoms with Crippen LogP contribution in [-0.4, -0.2) is 149 Å². The van der Waals surface area contributed by atoms with Crippen molar-refractivity contribution in [1.82, 2.24) is 45.9 Å². The van der Waals surface area contributed by atoms with Crippen LogP contribution in [0, 0.1) is 33.1 Å². The van der Waals surface area contributed by atoms with Gasteiger partial charge in [-0.3, -0.25) is 33.7 Å². The molecule has 0 saturated carbocycles. The van der Waals surface area contributed by atoms with Gasteiger partial charge in [-0.1, -0.05) is 75.7 Å². The summed E-state index contributed by atoms with van der Waals surface area (Å²) in [4.78, 5) is 97.5. The van der Waals surface area contributed by atoms with Gasteiger partial charge in [-0.2, -0.15) is 0 Å². The first-order valence-electron chi connectivity index (χ1n) is 30.1. The number of β-amino-alcohol motifs (C(OH)–C–C–N with tert-alkyl or cyclic N) is 1. The third kappa shape index (κ3) is 16.8. The van der Waals surface area contributed by atoms with Crippen LogP contribution in [0.15, 0.2) is 77.0 Å². The number of benzene rings is 3. The number of ether oxygens (including phenoxy) is 1. The Morgan fingerprint density at radius 2 is 1.50 bits per heavy atom. The van der Waals surface area contributed by atoms with Gasteiger partial charge in [0.05, 0.1) is 22.2 Å². The van der Waals surface area contributed by atoms with Crippen molar-refractivity contribution >= 4 is 46.6 Å². The number of hydrogen-bond acceptors (Lipinski definition) is 13. The molecule has 0 unspecified atom stereocenters. The lowest BCUT2D eigenvalue weighted by Crippen LogP contribution is -2.57. The normalized spacial score (nSPS) is 17.4. The van der Waals surface area contributed by atoms with E-state index < -0.39 is 29.5 Å². The maximum absolute atomic E-state index is 14.1. The SMILES string of the molecule is CCN(c1cc(-c2ccc(CN3CCN(CCC(=O)NCCCCCC(=O)N[C@H](C(=O)N4C[C@H](O)C[C@H]4C(=O)NCc4ccc(-c5scnc5C)cc4)C(C)(C)C)CC3)cc2)cc(C(=O)NCc2c(C)cc(C)[nH]c2=O)c1C)C1CCOCC1. The highest BCUT2D eigenvalue weighted by molar-refractivity contribution is 7.13. The quantitative estimate of drug-likeness (QED) is 0.0335. The third-order valence-electron chi connectivity index (χ3n) is 16.8. The number of likely N-dealkylation sites (tertiary alicyclic amines) is 1. The topological polar surface area (TPSA) is 222 Å². The van der Waals surface area contributed by atoms with E-state index >= 15 is 0 Å². The Bertz CT molecular complexity index is 3120. The van der Waals surface area contributed by atoms with E-state index in [1.165, 1.54) is 10.5 Å². The number of unbranched alkanes of at least 4 members (excludes halogenated alkanes) is 2. The molecule has 0 spiro atoms. The number of pyridine rings is 1. The maximum atomic E-state index is 14.1. The van der Waals surface area contributed by atoms with E-state index in [1.807, 2.05) is 90.4 Å². The molecule has 8 rings (SSSR count). The van der Waals surface area contributed by atoms with Crippen LogP contribution >= 0.6 is 11.3 Å². The average Bonchev–Trinajstić information content (AvgIpc) is 3.07. The minimum Gasteiger partial charge on any atom is -0.391 e. The highest BCUT2D eigenvalue weighted by Crippen LogP contribution is 2.35. The first kappa shape index (κ1) is 63.3. The van der Waals surface area contributed by atoms with Crippen molar-refractivity contribution in [3.05, 3.63) is 127 Å². The van der Waals surface area contributed by atoms with Gasteiger partial charge >= 0.3 is 0 Å². The van der Waals surface area contributed by atoms with Gasteiger partial charge in [0.15, 0.2) is 0 Å². The monoisotopic (exact) mass is 1170 g/mol. The number of hydrogen-bond donors (Lipinski definition) is 6. The van der Waals surface area contributed by atoms with Crippen LogP contribution in [0.5, 0.6) is 0 Å². The second kappa shape index (κ2) is 29.4. The fraction of sp³-hybridized carbons (Fsp3) is 0.523. The van der Waals surface area contributed by atoms with Gasteiger partial charge in [0.25, 0.3) is 11.5 Å². The Labute approximate surface area is 499 Å². The number of thiazole rings is 1. The van der Waals surface area contributed by atoms with Crippen LogP contribution < -0.4 is 31.7 Å². The zero-order valence-electron chi connectivity index (χ0n) is 50.5. The van der Waals surface area contributed by atoms with Crippen LogP contribution in [0.4, 0.5) is 5.69 Å². The Morgan fingerprint density at radius 3 is 2.17 bits per heavy atom. The summed E-state index contributed by atoms with van der Waals surface area (Å²) in [6, 6.07) is 21.2. The smallest absolute Gasteiger partial charge is 0.253 e. The lowest BCUT2D eigenvalue weighted by Gasteiger charge is -2.37. The van der Waals surface area contributed by atoms with Gasteiger partial charge in [-0.15, -0.1) is 11.3 Å². The molecule has 5 heterocycles. The van der Waals surface area contributed by atoms with Gasteiger partial charge in [0.1, 0.15) is 12.1 Å². The number of aryl methyl sites for hydroxylation is 3. The van der Waals surface area contributed by atoms with E-state index in [0.717, 1.165) is 120 Å². The Morgan fingerprint density at radius 1 is 0.810 bits per heavy atom. The van der Waals surface area contributed by atoms with E-state index in [0.29, 0.717) is 56.3 Å². The van der Waals surface area contributed by atoms with Gasteiger partial charge in [0, 0.05) is 133 Å². The van der Waals surface area contributed by atoms with Gasteiger partial charge in [-0.25, -0.2) is 4.98 Å². The van der Waals surface area contributed by atoms with Gasteiger partial charge < -0.3 is 50.8 Å². The van der Waals surface area contributed by atoms with Crippen molar-refractivity contribution in [2.24, 2.45) is 5.41 Å². The minimum atomic E-state index is -0.899. The summed E-state index contributed by atoms with van der Waals surface area (Å²) < 4.78 is 5.71. The molecule has 19 heteroatoms. The number of aliphatic hydroxyl groups excluding tert-OH is 1. The number of piperazine rings is 1. The number of amides is 5. The molecule has 84 heavy (non-hydrogen) atoms. The molecule has 2 aromatic heterocycles. The number of aromatic nitrogens is 2. The second-order valence-corrected chi connectivity index (χ2v) is 24.9. The number of anilines is 1. The van der Waals surface area contributed by atoms with E-state index in [9.17, 15) is 33.9 Å². The zero-order chi connectivity index (χ0) is 60.1. The highest BCUT2D eigenvalue weighted by Gasteiger charge is 2.44. The Hall–Kier alpha value is -6.77. The number of aliphatic hydroxyl groups is 1. The largest absolute Gasteiger partial charge is 0.391 e. The number of carbonyl (C=O) groups excluding carboxylic acids is 5. The number of rotatable bonds is 24. The predicted octanol–water partition coefficient (Wildman–Crippen LogP) is 7.33. The molecule has 3 atom stereocenters. The number of carbonyl (C=O) groups is 5. The molecule has 6 N–H and O–H groups in total. The lowest BCUT2D eigenvalue weighted by molar-refractivity contribution is -0.144. The summed E-state index contributed by atoms with van der Waals surface area (Å²) in [5, 5.41) is 22.6. The summed E-state index contributed by atoms with van der Waals surface area (Å²) in [5.74, 6) is -1.22. The molecule has 3 saturated heterocycles. The molecule has 452 valence electrons. The van der Waals surface area contributed by atoms with Crippen molar-refractivity contribution in [2.45, 2.75) is 151 Å². The Balaban J connectivity index is 0.739. The van der Waals surface area contributed by atoms with E-state index in [4.69, 9.17) is 4.74 Å². The molecular formula is C65H88N10O8S. The van der Waals surface area contributed by atoms with Gasteiger partial charge in [0.2, 0.25) is 23.6 Å². The molecule has 3 aliphatic heterocycles. The summed E-state index contributed by atoms with van der Waals surface area (Å²) in [7, 11) is 0. The van der Waals surface area contributed by atoms with Crippen LogP contribution in [-0.2, 0) is 43.5 Å². The molecule has 3 aromatic carbocycles. The number of nitrogens with one attached hydrogen (secondary N) is 5. The first-order valence-corrected chi connectivity index (χ1v) is 31.0. The van der Waals surface area contributed by atoms with Crippen molar-refractivity contribution in [3.8, 4) is 21.6 Å². The summed E-state index contributed by atoms with van der Waals surface area (Å²) in [5.41, 5.74) is 11.8. The molecule has 18 nitrogen and oxygen atoms in total. The Kier molecular flexibility index (Phi) is 22.1. The molecule has 3 aliphatic rings. The zero-order valence-corrected chi connectivity index (χ0v) is 51.4. The minimum absolute atomic E-state index is 0.00528. The van der Waals surface area contributed by atoms with Crippen LogP contribution in [0.1, 0.15) is 129 Å². The number of nitrogens with zero attached hydrogens (tertiary/aromatic N) is 5. The molecular weight excluding hydrogens is 1080 g/mol. The second-order valence-electron chi connectivity index (χ2n) is 24.1. The molecule has 0 aliphatic carbocycles. The van der Waals surface area contributed by atoms with Crippen LogP contribution in [0.2, 0.25) is 0 Å². The van der Waals surface area contributed by atoms with Crippen molar-refractivity contribution in [3.63, 3.8) is 0 Å². The average molecular weight is 1170 g/mol. The molecule has 0 bridgehead atoms. The lowest BCUT2D eigenvalue weighted by atomic mass is 9.85. The fourth-order valence-corrected chi connectivity index (χ4v) is 12.6. The van der Waals surface area contributed by atoms with Crippen molar-refractivity contribution in [1.29, 1.82) is 0 Å². The summed E-state index contributed by atoms with van der Waals surface area (Å²) in [6.45, 7) is 23.6. The van der Waals surface area contributed by atoms with Crippen molar-refractivity contribution < 1.29 is 33.8 Å². The van der Waals surface area contributed by atoms with Crippen LogP contribution in [0.25, 0.3) is 21.6 Å². The van der Waals surface area contributed by atoms with E-state index in [1.54, 1.807) is 11.3 Å². The van der Waals surface area contributed by atoms with Crippen molar-refractivity contribution in [2.75, 3.05) is 70.5 Å². The van der Waals surface area contributed by atoms with Gasteiger partial charge in [-0.05, 0) is 123 Å². The predicted molar refractivity (Wildman–Crippen MR) is 331 cm³/mol. The highest BCUT2D eigenvalue weighted by atomic mass is 32.1. The standard InChI is InChI=1S/C65H88N10O8S/c1-9-74(51-23-31-83-32-24-51)55-35-50(34-53(44(55)4)61(79)68-38-54-42(2)33-43(3)70-62(54)80)48-18-16-47(17-19-48)39-73-29-27-72(28-30-73)26-22-57(77)66-25-12-10-11-13-58(78)71-60(65(6,7)8)64(82)75-40-52(76)36-56(75)63(81)67-37-46-14-20-49(21-15-46)59-45(5)69-41-84-59/h14-21,33-35,41,51-52,56,60,76H,9-13,22-32,36-40H2,1-8H3,(H,66,77)(H,67,81)(H,68,79)(H,70,80)(H,71,78)/t52-,56+,60-/m1/s1. The number of H-pyrrole nitrogens is 1. The van der Waals surface area contributed by atoms with E-state index in [-0.39, 0.29) is 61.7 Å². The van der Waals surface area contributed by atoms with E-state index in [2.05, 4.69) is 83.2 Å². The van der Waals surface area contributed by atoms with Crippen LogP contribution in [0.3, 0.4) is 0 Å². The number of aromatic amines is 1. The summed E-state index contributed by atoms with van der Waals surface area (Å²) in [6.07, 6.45) is 3.74. The maximum Gasteiger partial charge on any atom is 0.253 e. The molecule has 5 aromatic rings. The fourth-order valence-electron chi connectivity index (χ4n) is 11.8. The first-order chi connectivity index (χ1) is 40.3. The molecule has 0 radical (unpaired) electrons.